The summed E-state index contributed by atoms with van der Waals surface area (Å²) in [6.07, 6.45) is 5.82. The molecule has 7 heteroatoms. The average Bonchev–Trinajstić information content (AvgIpc) is 3.30. The molecule has 0 saturated carbocycles. The van der Waals surface area contributed by atoms with Crippen molar-refractivity contribution in [3.8, 4) is 6.07 Å². The lowest BCUT2D eigenvalue weighted by Crippen LogP contribution is -2.32. The van der Waals surface area contributed by atoms with Crippen molar-refractivity contribution in [3.05, 3.63) is 77.6 Å². The minimum absolute atomic E-state index is 0.398. The molecule has 160 valence electrons. The van der Waals surface area contributed by atoms with Gasteiger partial charge < -0.3 is 10.3 Å². The average molecular weight is 424 g/mol. The zero-order valence-corrected chi connectivity index (χ0v) is 18.0. The van der Waals surface area contributed by atoms with Crippen LogP contribution < -0.4 is 5.32 Å². The number of aromatic amines is 1. The lowest BCUT2D eigenvalue weighted by atomic mass is 9.92. The number of anilines is 2. The van der Waals surface area contributed by atoms with Crippen molar-refractivity contribution in [3.63, 3.8) is 0 Å². The molecule has 0 radical (unpaired) electrons. The van der Waals surface area contributed by atoms with Crippen LogP contribution in [0.15, 0.2) is 54.9 Å². The van der Waals surface area contributed by atoms with E-state index in [1.54, 1.807) is 12.3 Å². The van der Waals surface area contributed by atoms with Gasteiger partial charge in [0.25, 0.3) is 0 Å². The Labute approximate surface area is 187 Å². The van der Waals surface area contributed by atoms with Crippen LogP contribution in [-0.4, -0.2) is 37.9 Å². The SMILES string of the molecule is Cc1nc(Nc2ccc(C#N)nc2)cc(C2CCN(Cc3cccc4[nH]ccc34)CC2)n1. The fourth-order valence-corrected chi connectivity index (χ4v) is 4.46. The summed E-state index contributed by atoms with van der Waals surface area (Å²) in [5.41, 5.74) is 4.87. The molecule has 2 N–H and O–H groups in total. The third-order valence-electron chi connectivity index (χ3n) is 6.09. The largest absolute Gasteiger partial charge is 0.361 e. The fraction of sp³-hybridized carbons (Fsp3) is 0.280. The molecule has 0 unspecified atom stereocenters. The number of rotatable bonds is 5. The van der Waals surface area contributed by atoms with Crippen LogP contribution in [0.3, 0.4) is 0 Å². The second kappa shape index (κ2) is 8.77. The maximum Gasteiger partial charge on any atom is 0.140 e. The number of aromatic nitrogens is 4. The number of nitrogens with one attached hydrogen (secondary N) is 2. The zero-order valence-electron chi connectivity index (χ0n) is 18.0. The molecule has 0 bridgehead atoms. The van der Waals surface area contributed by atoms with Crippen LogP contribution >= 0.6 is 0 Å². The fourth-order valence-electron chi connectivity index (χ4n) is 4.46. The summed E-state index contributed by atoms with van der Waals surface area (Å²) in [5, 5.41) is 13.5. The highest BCUT2D eigenvalue weighted by atomic mass is 15.1. The summed E-state index contributed by atoms with van der Waals surface area (Å²) in [4.78, 5) is 19.2. The van der Waals surface area contributed by atoms with Crippen molar-refractivity contribution in [2.75, 3.05) is 18.4 Å². The summed E-state index contributed by atoms with van der Waals surface area (Å²) in [6, 6.07) is 16.3. The molecule has 1 aliphatic rings. The third-order valence-corrected chi connectivity index (χ3v) is 6.09. The van der Waals surface area contributed by atoms with E-state index in [-0.39, 0.29) is 0 Å². The Morgan fingerprint density at radius 3 is 2.81 bits per heavy atom. The maximum atomic E-state index is 8.91. The Morgan fingerprint density at radius 2 is 2.03 bits per heavy atom. The molecular weight excluding hydrogens is 398 g/mol. The molecule has 3 aromatic heterocycles. The van der Waals surface area contributed by atoms with Gasteiger partial charge in [-0.05, 0) is 62.7 Å². The van der Waals surface area contributed by atoms with Gasteiger partial charge in [-0.15, -0.1) is 0 Å². The van der Waals surface area contributed by atoms with Crippen molar-refractivity contribution in [1.29, 1.82) is 5.26 Å². The van der Waals surface area contributed by atoms with Gasteiger partial charge in [-0.2, -0.15) is 5.26 Å². The Bertz CT molecular complexity index is 1260. The Morgan fingerprint density at radius 1 is 1.16 bits per heavy atom. The van der Waals surface area contributed by atoms with E-state index >= 15 is 0 Å². The van der Waals surface area contributed by atoms with Crippen molar-refractivity contribution in [2.24, 2.45) is 0 Å². The van der Waals surface area contributed by atoms with E-state index in [9.17, 15) is 0 Å². The molecule has 1 saturated heterocycles. The summed E-state index contributed by atoms with van der Waals surface area (Å²) < 4.78 is 0. The normalized spacial score (nSPS) is 15.0. The van der Waals surface area contributed by atoms with E-state index in [4.69, 9.17) is 10.2 Å². The minimum atomic E-state index is 0.398. The first kappa shape index (κ1) is 20.2. The summed E-state index contributed by atoms with van der Waals surface area (Å²) >= 11 is 0. The molecule has 0 amide bonds. The lowest BCUT2D eigenvalue weighted by molar-refractivity contribution is 0.204. The van der Waals surface area contributed by atoms with Gasteiger partial charge in [-0.1, -0.05) is 12.1 Å². The molecule has 7 nitrogen and oxygen atoms in total. The summed E-state index contributed by atoms with van der Waals surface area (Å²) in [5.74, 6) is 1.95. The highest BCUT2D eigenvalue weighted by molar-refractivity contribution is 5.82. The van der Waals surface area contributed by atoms with Crippen LogP contribution in [0.2, 0.25) is 0 Å². The van der Waals surface area contributed by atoms with E-state index < -0.39 is 0 Å². The molecule has 0 atom stereocenters. The van der Waals surface area contributed by atoms with Gasteiger partial charge >= 0.3 is 0 Å². The molecule has 4 heterocycles. The minimum Gasteiger partial charge on any atom is -0.361 e. The lowest BCUT2D eigenvalue weighted by Gasteiger charge is -2.32. The van der Waals surface area contributed by atoms with Crippen LogP contribution in [0.5, 0.6) is 0 Å². The molecule has 32 heavy (non-hydrogen) atoms. The maximum absolute atomic E-state index is 8.91. The molecule has 0 spiro atoms. The number of fused-ring (bicyclic) bond motifs is 1. The van der Waals surface area contributed by atoms with Crippen LogP contribution in [0.4, 0.5) is 11.5 Å². The predicted molar refractivity (Wildman–Crippen MR) is 125 cm³/mol. The number of hydrogen-bond acceptors (Lipinski definition) is 6. The molecule has 4 aromatic rings. The zero-order chi connectivity index (χ0) is 21.9. The van der Waals surface area contributed by atoms with Crippen LogP contribution in [0, 0.1) is 18.3 Å². The summed E-state index contributed by atoms with van der Waals surface area (Å²) in [6.45, 7) is 5.01. The number of pyridine rings is 1. The van der Waals surface area contributed by atoms with Crippen molar-refractivity contribution in [1.82, 2.24) is 24.8 Å². The number of benzene rings is 1. The molecule has 0 aliphatic carbocycles. The second-order valence-electron chi connectivity index (χ2n) is 8.30. The van der Waals surface area contributed by atoms with Gasteiger partial charge in [0.2, 0.25) is 0 Å². The van der Waals surface area contributed by atoms with E-state index in [1.165, 1.54) is 16.5 Å². The smallest absolute Gasteiger partial charge is 0.140 e. The van der Waals surface area contributed by atoms with E-state index in [2.05, 4.69) is 49.4 Å². The number of likely N-dealkylation sites (tertiary alicyclic amines) is 1. The summed E-state index contributed by atoms with van der Waals surface area (Å²) in [7, 11) is 0. The van der Waals surface area contributed by atoms with E-state index in [0.29, 0.717) is 11.6 Å². The topological polar surface area (TPSA) is 93.5 Å². The first-order chi connectivity index (χ1) is 15.7. The Balaban J connectivity index is 1.25. The van der Waals surface area contributed by atoms with Crippen molar-refractivity contribution < 1.29 is 0 Å². The number of hydrogen-bond donors (Lipinski definition) is 2. The van der Waals surface area contributed by atoms with Crippen molar-refractivity contribution >= 4 is 22.4 Å². The first-order valence-corrected chi connectivity index (χ1v) is 10.9. The van der Waals surface area contributed by atoms with Crippen LogP contribution in [-0.2, 0) is 6.54 Å². The first-order valence-electron chi connectivity index (χ1n) is 10.9. The highest BCUT2D eigenvalue weighted by Crippen LogP contribution is 2.30. The highest BCUT2D eigenvalue weighted by Gasteiger charge is 2.23. The van der Waals surface area contributed by atoms with E-state index in [1.807, 2.05) is 31.3 Å². The number of nitriles is 1. The van der Waals surface area contributed by atoms with Gasteiger partial charge in [0.05, 0.1) is 11.9 Å². The van der Waals surface area contributed by atoms with Crippen LogP contribution in [0.1, 0.15) is 41.5 Å². The molecular formula is C25H25N7. The Kier molecular flexibility index (Phi) is 5.53. The van der Waals surface area contributed by atoms with Gasteiger partial charge in [0.15, 0.2) is 0 Å². The van der Waals surface area contributed by atoms with Gasteiger partial charge in [-0.3, -0.25) is 4.90 Å². The number of aryl methyl sites for hydroxylation is 1. The van der Waals surface area contributed by atoms with Crippen LogP contribution in [0.25, 0.3) is 10.9 Å². The standard InChI is InChI=1S/C25H25N7/c1-17-29-24(13-25(30-17)31-21-6-5-20(14-26)28-15-21)18-8-11-32(12-9-18)16-19-3-2-4-23-22(19)7-10-27-23/h2-7,10,13,15,18,27H,8-9,11-12,16H2,1H3,(H,29,30,31). The van der Waals surface area contributed by atoms with Crippen molar-refractivity contribution in [2.45, 2.75) is 32.2 Å². The monoisotopic (exact) mass is 423 g/mol. The quantitative estimate of drug-likeness (QED) is 0.485. The molecule has 1 aliphatic heterocycles. The third kappa shape index (κ3) is 4.32. The van der Waals surface area contributed by atoms with Gasteiger partial charge in [0.1, 0.15) is 23.4 Å². The van der Waals surface area contributed by atoms with Gasteiger partial charge in [0, 0.05) is 41.3 Å². The number of nitrogens with zero attached hydrogens (tertiary/aromatic N) is 5. The Hall–Kier alpha value is -3.76. The van der Waals surface area contributed by atoms with E-state index in [0.717, 1.165) is 55.5 Å². The molecule has 1 fully saturated rings. The predicted octanol–water partition coefficient (Wildman–Crippen LogP) is 4.66. The van der Waals surface area contributed by atoms with Gasteiger partial charge in [-0.25, -0.2) is 15.0 Å². The second-order valence-corrected chi connectivity index (χ2v) is 8.30. The number of H-pyrrole nitrogens is 1. The molecule has 5 rings (SSSR count). The molecule has 1 aromatic carbocycles. The number of piperidine rings is 1.